The van der Waals surface area contributed by atoms with E-state index in [9.17, 15) is 13.6 Å². The Morgan fingerprint density at radius 2 is 2.00 bits per heavy atom. The van der Waals surface area contributed by atoms with Gasteiger partial charge in [0.25, 0.3) is 6.01 Å². The molecule has 0 bridgehead atoms. The van der Waals surface area contributed by atoms with E-state index in [2.05, 4.69) is 4.42 Å². The Kier molecular flexibility index (Phi) is 2.55. The van der Waals surface area contributed by atoms with Crippen molar-refractivity contribution in [3.05, 3.63) is 41.7 Å². The first-order valence-corrected chi connectivity index (χ1v) is 4.57. The number of benzene rings is 1. The molecule has 0 saturated carbocycles. The molecule has 2 aromatic rings. The SMILES string of the molecule is Nc1cc(-c2ccc(F)o2)cc(F)c1C(=O)O. The number of anilines is 1. The molecular formula is C11H7F2NO3. The van der Waals surface area contributed by atoms with Gasteiger partial charge in [0.05, 0.1) is 0 Å². The third kappa shape index (κ3) is 1.96. The maximum Gasteiger partial charge on any atom is 0.340 e. The fraction of sp³-hybridized carbons (Fsp3) is 0. The van der Waals surface area contributed by atoms with Crippen LogP contribution in [0.2, 0.25) is 0 Å². The highest BCUT2D eigenvalue weighted by molar-refractivity contribution is 5.95. The summed E-state index contributed by atoms with van der Waals surface area (Å²) < 4.78 is 30.7. The van der Waals surface area contributed by atoms with E-state index in [1.165, 1.54) is 12.1 Å². The van der Waals surface area contributed by atoms with Crippen molar-refractivity contribution in [1.29, 1.82) is 0 Å². The van der Waals surface area contributed by atoms with Crippen LogP contribution in [-0.4, -0.2) is 11.1 Å². The van der Waals surface area contributed by atoms with Crippen molar-refractivity contribution >= 4 is 11.7 Å². The summed E-state index contributed by atoms with van der Waals surface area (Å²) >= 11 is 0. The molecule has 6 heteroatoms. The summed E-state index contributed by atoms with van der Waals surface area (Å²) in [5.74, 6) is -2.38. The van der Waals surface area contributed by atoms with Crippen LogP contribution in [0, 0.1) is 11.8 Å². The maximum atomic E-state index is 13.5. The van der Waals surface area contributed by atoms with Crippen LogP contribution in [-0.2, 0) is 0 Å². The molecule has 0 aliphatic rings. The largest absolute Gasteiger partial charge is 0.478 e. The van der Waals surface area contributed by atoms with Crippen LogP contribution in [0.25, 0.3) is 11.3 Å². The topological polar surface area (TPSA) is 76.5 Å². The van der Waals surface area contributed by atoms with Gasteiger partial charge >= 0.3 is 5.97 Å². The highest BCUT2D eigenvalue weighted by Gasteiger charge is 2.17. The fourth-order valence-corrected chi connectivity index (χ4v) is 1.47. The van der Waals surface area contributed by atoms with Crippen molar-refractivity contribution in [2.45, 2.75) is 0 Å². The Bertz CT molecular complexity index is 569. The molecule has 0 aliphatic carbocycles. The molecule has 0 amide bonds. The molecule has 0 spiro atoms. The van der Waals surface area contributed by atoms with Gasteiger partial charge in [0.2, 0.25) is 0 Å². The molecular weight excluding hydrogens is 232 g/mol. The number of rotatable bonds is 2. The molecule has 0 radical (unpaired) electrons. The van der Waals surface area contributed by atoms with Crippen LogP contribution < -0.4 is 5.73 Å². The lowest BCUT2D eigenvalue weighted by Gasteiger charge is -2.04. The van der Waals surface area contributed by atoms with E-state index in [-0.39, 0.29) is 17.0 Å². The molecule has 0 unspecified atom stereocenters. The molecule has 4 nitrogen and oxygen atoms in total. The summed E-state index contributed by atoms with van der Waals surface area (Å²) in [5.41, 5.74) is 4.73. The van der Waals surface area contributed by atoms with Gasteiger partial charge in [-0.1, -0.05) is 0 Å². The second kappa shape index (κ2) is 3.89. The molecule has 2 rings (SSSR count). The second-order valence-corrected chi connectivity index (χ2v) is 3.33. The van der Waals surface area contributed by atoms with Crippen molar-refractivity contribution in [3.8, 4) is 11.3 Å². The van der Waals surface area contributed by atoms with Crippen LogP contribution >= 0.6 is 0 Å². The molecule has 1 aromatic carbocycles. The normalized spacial score (nSPS) is 10.5. The lowest BCUT2D eigenvalue weighted by molar-refractivity contribution is 0.0693. The summed E-state index contributed by atoms with van der Waals surface area (Å²) in [4.78, 5) is 10.7. The zero-order chi connectivity index (χ0) is 12.6. The fourth-order valence-electron chi connectivity index (χ4n) is 1.47. The Hall–Kier alpha value is -2.37. The van der Waals surface area contributed by atoms with E-state index in [4.69, 9.17) is 10.8 Å². The van der Waals surface area contributed by atoms with Crippen molar-refractivity contribution in [3.63, 3.8) is 0 Å². The maximum absolute atomic E-state index is 13.5. The van der Waals surface area contributed by atoms with E-state index < -0.39 is 23.4 Å². The Labute approximate surface area is 94.3 Å². The number of furan rings is 1. The quantitative estimate of drug-likeness (QED) is 0.789. The molecule has 0 fully saturated rings. The molecule has 17 heavy (non-hydrogen) atoms. The number of nitrogen functional groups attached to an aromatic ring is 1. The Balaban J connectivity index is 2.56. The first kappa shape index (κ1) is 11.1. The van der Waals surface area contributed by atoms with Crippen molar-refractivity contribution in [1.82, 2.24) is 0 Å². The van der Waals surface area contributed by atoms with Gasteiger partial charge in [-0.05, 0) is 18.2 Å². The number of nitrogens with two attached hydrogens (primary N) is 1. The first-order chi connectivity index (χ1) is 7.99. The standard InChI is InChI=1S/C11H7F2NO3/c12-6-3-5(8-1-2-9(13)17-8)4-7(14)10(6)11(15)16/h1-4H,14H2,(H,15,16). The highest BCUT2D eigenvalue weighted by atomic mass is 19.1. The number of carboxylic acid groups (broad SMARTS) is 1. The molecule has 1 heterocycles. The van der Waals surface area contributed by atoms with E-state index >= 15 is 0 Å². The van der Waals surface area contributed by atoms with Crippen molar-refractivity contribution in [2.24, 2.45) is 0 Å². The third-order valence-corrected chi connectivity index (χ3v) is 2.19. The summed E-state index contributed by atoms with van der Waals surface area (Å²) in [6, 6.07) is 3.68. The predicted molar refractivity (Wildman–Crippen MR) is 55.4 cm³/mol. The minimum absolute atomic E-state index is 0.0741. The zero-order valence-corrected chi connectivity index (χ0v) is 8.41. The van der Waals surface area contributed by atoms with E-state index in [1.54, 1.807) is 0 Å². The number of carbonyl (C=O) groups is 1. The minimum atomic E-state index is -1.46. The van der Waals surface area contributed by atoms with Crippen LogP contribution in [0.5, 0.6) is 0 Å². The molecule has 3 N–H and O–H groups in total. The van der Waals surface area contributed by atoms with Gasteiger partial charge in [-0.15, -0.1) is 0 Å². The number of aromatic carboxylic acids is 1. The number of hydrogen-bond donors (Lipinski definition) is 2. The third-order valence-electron chi connectivity index (χ3n) is 2.19. The number of halogens is 2. The zero-order valence-electron chi connectivity index (χ0n) is 8.41. The summed E-state index contributed by atoms with van der Waals surface area (Å²) in [7, 11) is 0. The van der Waals surface area contributed by atoms with Gasteiger partial charge in [0.1, 0.15) is 17.1 Å². The monoisotopic (exact) mass is 239 g/mol. The lowest BCUT2D eigenvalue weighted by atomic mass is 10.1. The van der Waals surface area contributed by atoms with Gasteiger partial charge in [-0.25, -0.2) is 9.18 Å². The smallest absolute Gasteiger partial charge is 0.340 e. The van der Waals surface area contributed by atoms with Gasteiger partial charge in [-0.2, -0.15) is 4.39 Å². The highest BCUT2D eigenvalue weighted by Crippen LogP contribution is 2.27. The van der Waals surface area contributed by atoms with E-state index in [0.717, 1.165) is 12.1 Å². The molecule has 1 aromatic heterocycles. The van der Waals surface area contributed by atoms with Crippen LogP contribution in [0.3, 0.4) is 0 Å². The Morgan fingerprint density at radius 1 is 1.29 bits per heavy atom. The molecule has 88 valence electrons. The van der Waals surface area contributed by atoms with Crippen molar-refractivity contribution < 1.29 is 23.1 Å². The first-order valence-electron chi connectivity index (χ1n) is 4.57. The van der Waals surface area contributed by atoms with Crippen LogP contribution in [0.4, 0.5) is 14.5 Å². The summed E-state index contributed by atoms with van der Waals surface area (Å²) in [5, 5.41) is 8.71. The number of hydrogen-bond acceptors (Lipinski definition) is 3. The van der Waals surface area contributed by atoms with Crippen LogP contribution in [0.15, 0.2) is 28.7 Å². The second-order valence-electron chi connectivity index (χ2n) is 3.33. The van der Waals surface area contributed by atoms with Crippen LogP contribution in [0.1, 0.15) is 10.4 Å². The van der Waals surface area contributed by atoms with E-state index in [0.29, 0.717) is 0 Å². The van der Waals surface area contributed by atoms with E-state index in [1.807, 2.05) is 0 Å². The predicted octanol–water partition coefficient (Wildman–Crippen LogP) is 2.51. The summed E-state index contributed by atoms with van der Waals surface area (Å²) in [6.45, 7) is 0. The molecule has 0 atom stereocenters. The minimum Gasteiger partial charge on any atom is -0.478 e. The Morgan fingerprint density at radius 3 is 2.47 bits per heavy atom. The van der Waals surface area contributed by atoms with Gasteiger partial charge < -0.3 is 15.3 Å². The van der Waals surface area contributed by atoms with Crippen molar-refractivity contribution in [2.75, 3.05) is 5.73 Å². The lowest BCUT2D eigenvalue weighted by Crippen LogP contribution is -2.06. The molecule has 0 aliphatic heterocycles. The summed E-state index contributed by atoms with van der Waals surface area (Å²) in [6.07, 6.45) is 0. The molecule has 0 saturated heterocycles. The van der Waals surface area contributed by atoms with Gasteiger partial charge in [0, 0.05) is 17.3 Å². The average molecular weight is 239 g/mol. The number of carboxylic acids is 1. The average Bonchev–Trinajstić information content (AvgIpc) is 2.63. The van der Waals surface area contributed by atoms with Gasteiger partial charge in [0.15, 0.2) is 0 Å². The van der Waals surface area contributed by atoms with Gasteiger partial charge in [-0.3, -0.25) is 0 Å².